The maximum Gasteiger partial charge on any atom is 0.192 e. The van der Waals surface area contributed by atoms with Crippen molar-refractivity contribution in [3.05, 3.63) is 18.3 Å². The van der Waals surface area contributed by atoms with Crippen molar-refractivity contribution in [3.63, 3.8) is 0 Å². The monoisotopic (exact) mass is 270 g/mol. The van der Waals surface area contributed by atoms with Gasteiger partial charge in [0, 0.05) is 18.9 Å². The third-order valence-electron chi connectivity index (χ3n) is 2.97. The average Bonchev–Trinajstić information content (AvgIpc) is 2.28. The highest BCUT2D eigenvalue weighted by Gasteiger charge is 2.19. The molecule has 1 aromatic heterocycles. The summed E-state index contributed by atoms with van der Waals surface area (Å²) in [5, 5.41) is 3.46. The van der Waals surface area contributed by atoms with Crippen LogP contribution in [-0.2, 0) is 14.6 Å². The van der Waals surface area contributed by atoms with Crippen molar-refractivity contribution in [1.29, 1.82) is 0 Å². The standard InChI is InChI=1S/C12H18N2O3S/c1-9-7-10(5-6-17-9)14-11-3-4-12(13-8-11)18(2,15)16/h3-4,8-10,14H,5-7H2,1-2H3. The third-order valence-corrected chi connectivity index (χ3v) is 3.97. The molecule has 0 aromatic carbocycles. The van der Waals surface area contributed by atoms with Crippen LogP contribution in [0.1, 0.15) is 19.8 Å². The smallest absolute Gasteiger partial charge is 0.192 e. The Bertz CT molecular complexity index is 499. The van der Waals surface area contributed by atoms with Crippen molar-refractivity contribution < 1.29 is 13.2 Å². The molecule has 18 heavy (non-hydrogen) atoms. The summed E-state index contributed by atoms with van der Waals surface area (Å²) in [6.07, 6.45) is 4.89. The summed E-state index contributed by atoms with van der Waals surface area (Å²) in [7, 11) is -3.22. The van der Waals surface area contributed by atoms with Gasteiger partial charge >= 0.3 is 0 Å². The highest BCUT2D eigenvalue weighted by Crippen LogP contribution is 2.18. The molecule has 0 amide bonds. The van der Waals surface area contributed by atoms with Gasteiger partial charge in [-0.25, -0.2) is 13.4 Å². The normalized spacial score (nSPS) is 24.8. The van der Waals surface area contributed by atoms with E-state index in [9.17, 15) is 8.42 Å². The van der Waals surface area contributed by atoms with Gasteiger partial charge in [-0.3, -0.25) is 0 Å². The first-order valence-corrected chi connectivity index (χ1v) is 7.88. The molecular weight excluding hydrogens is 252 g/mol. The lowest BCUT2D eigenvalue weighted by Crippen LogP contribution is -2.32. The number of aromatic nitrogens is 1. The van der Waals surface area contributed by atoms with Crippen LogP contribution in [0.3, 0.4) is 0 Å². The first-order chi connectivity index (χ1) is 8.45. The van der Waals surface area contributed by atoms with E-state index in [0.29, 0.717) is 6.04 Å². The van der Waals surface area contributed by atoms with E-state index < -0.39 is 9.84 Å². The van der Waals surface area contributed by atoms with E-state index in [-0.39, 0.29) is 11.1 Å². The molecule has 2 rings (SSSR count). The van der Waals surface area contributed by atoms with E-state index in [1.807, 2.05) is 0 Å². The molecule has 2 unspecified atom stereocenters. The Morgan fingerprint density at radius 1 is 1.44 bits per heavy atom. The molecule has 0 aliphatic carbocycles. The predicted octanol–water partition coefficient (Wildman–Crippen LogP) is 1.46. The molecule has 2 atom stereocenters. The van der Waals surface area contributed by atoms with Crippen LogP contribution >= 0.6 is 0 Å². The van der Waals surface area contributed by atoms with Crippen molar-refractivity contribution in [3.8, 4) is 0 Å². The van der Waals surface area contributed by atoms with E-state index in [4.69, 9.17) is 4.74 Å². The van der Waals surface area contributed by atoms with Crippen LogP contribution in [0.25, 0.3) is 0 Å². The molecule has 0 bridgehead atoms. The average molecular weight is 270 g/mol. The number of rotatable bonds is 3. The number of ether oxygens (including phenoxy) is 1. The highest BCUT2D eigenvalue weighted by atomic mass is 32.2. The van der Waals surface area contributed by atoms with Gasteiger partial charge in [0.15, 0.2) is 14.9 Å². The van der Waals surface area contributed by atoms with Crippen molar-refractivity contribution in [2.24, 2.45) is 0 Å². The molecular formula is C12H18N2O3S. The lowest BCUT2D eigenvalue weighted by atomic mass is 10.0. The van der Waals surface area contributed by atoms with E-state index in [2.05, 4.69) is 17.2 Å². The van der Waals surface area contributed by atoms with Crippen LogP contribution in [0, 0.1) is 0 Å². The van der Waals surface area contributed by atoms with Gasteiger partial charge in [-0.2, -0.15) is 0 Å². The van der Waals surface area contributed by atoms with Crippen molar-refractivity contribution in [1.82, 2.24) is 4.98 Å². The molecule has 0 radical (unpaired) electrons. The molecule has 1 saturated heterocycles. The van der Waals surface area contributed by atoms with Gasteiger partial charge in [0.05, 0.1) is 18.0 Å². The molecule has 0 spiro atoms. The Labute approximate surface area is 107 Å². The number of hydrogen-bond donors (Lipinski definition) is 1. The first-order valence-electron chi connectivity index (χ1n) is 5.99. The summed E-state index contributed by atoms with van der Waals surface area (Å²) in [4.78, 5) is 3.95. The maximum atomic E-state index is 11.3. The summed E-state index contributed by atoms with van der Waals surface area (Å²) in [5.74, 6) is 0. The second kappa shape index (κ2) is 5.24. The lowest BCUT2D eigenvalue weighted by Gasteiger charge is -2.28. The Hall–Kier alpha value is -1.14. The lowest BCUT2D eigenvalue weighted by molar-refractivity contribution is 0.0232. The fourth-order valence-corrected chi connectivity index (χ4v) is 2.61. The summed E-state index contributed by atoms with van der Waals surface area (Å²) in [5.41, 5.74) is 0.849. The summed E-state index contributed by atoms with van der Waals surface area (Å²) in [6.45, 7) is 2.81. The molecule has 0 saturated carbocycles. The van der Waals surface area contributed by atoms with Crippen molar-refractivity contribution >= 4 is 15.5 Å². The summed E-state index contributed by atoms with van der Waals surface area (Å²) in [6, 6.07) is 3.64. The number of pyridine rings is 1. The van der Waals surface area contributed by atoms with E-state index in [1.165, 1.54) is 6.07 Å². The van der Waals surface area contributed by atoms with Crippen LogP contribution in [-0.4, -0.2) is 38.4 Å². The molecule has 2 heterocycles. The second-order valence-electron chi connectivity index (χ2n) is 4.70. The highest BCUT2D eigenvalue weighted by molar-refractivity contribution is 7.90. The zero-order valence-electron chi connectivity index (χ0n) is 10.6. The van der Waals surface area contributed by atoms with E-state index in [1.54, 1.807) is 12.3 Å². The second-order valence-corrected chi connectivity index (χ2v) is 6.67. The predicted molar refractivity (Wildman–Crippen MR) is 69.4 cm³/mol. The fourth-order valence-electron chi connectivity index (χ4n) is 2.05. The van der Waals surface area contributed by atoms with Crippen LogP contribution in [0.5, 0.6) is 0 Å². The fraction of sp³-hybridized carbons (Fsp3) is 0.583. The zero-order chi connectivity index (χ0) is 13.2. The molecule has 1 fully saturated rings. The number of nitrogens with one attached hydrogen (secondary N) is 1. The van der Waals surface area contributed by atoms with Crippen molar-refractivity contribution in [2.45, 2.75) is 36.9 Å². The number of sulfone groups is 1. The summed E-state index contributed by atoms with van der Waals surface area (Å²) >= 11 is 0. The molecule has 5 nitrogen and oxygen atoms in total. The van der Waals surface area contributed by atoms with Crippen LogP contribution in [0.4, 0.5) is 5.69 Å². The number of anilines is 1. The molecule has 1 aliphatic heterocycles. The Balaban J connectivity index is 2.02. The molecule has 6 heteroatoms. The SMILES string of the molecule is CC1CC(Nc2ccc(S(C)(=O)=O)nc2)CCO1. The quantitative estimate of drug-likeness (QED) is 0.900. The van der Waals surface area contributed by atoms with Crippen molar-refractivity contribution in [2.75, 3.05) is 18.2 Å². The summed E-state index contributed by atoms with van der Waals surface area (Å²) < 4.78 is 28.0. The largest absolute Gasteiger partial charge is 0.381 e. The Morgan fingerprint density at radius 3 is 2.78 bits per heavy atom. The van der Waals surface area contributed by atoms with Crippen LogP contribution in [0.15, 0.2) is 23.4 Å². The molecule has 1 aliphatic rings. The van der Waals surface area contributed by atoms with E-state index >= 15 is 0 Å². The van der Waals surface area contributed by atoms with Gasteiger partial charge in [0.25, 0.3) is 0 Å². The van der Waals surface area contributed by atoms with Crippen LogP contribution in [0.2, 0.25) is 0 Å². The Morgan fingerprint density at radius 2 is 2.22 bits per heavy atom. The van der Waals surface area contributed by atoms with Gasteiger partial charge in [-0.15, -0.1) is 0 Å². The molecule has 1 aromatic rings. The van der Waals surface area contributed by atoms with Crippen LogP contribution < -0.4 is 5.32 Å². The number of nitrogens with zero attached hydrogens (tertiary/aromatic N) is 1. The van der Waals surface area contributed by atoms with Gasteiger partial charge in [-0.05, 0) is 31.9 Å². The minimum absolute atomic E-state index is 0.105. The van der Waals surface area contributed by atoms with Gasteiger partial charge < -0.3 is 10.1 Å². The first kappa shape index (κ1) is 13.3. The Kier molecular flexibility index (Phi) is 3.87. The zero-order valence-corrected chi connectivity index (χ0v) is 11.4. The van der Waals surface area contributed by atoms with Gasteiger partial charge in [0.2, 0.25) is 0 Å². The van der Waals surface area contributed by atoms with Gasteiger partial charge in [0.1, 0.15) is 0 Å². The minimum Gasteiger partial charge on any atom is -0.381 e. The third kappa shape index (κ3) is 3.43. The van der Waals surface area contributed by atoms with E-state index in [0.717, 1.165) is 31.4 Å². The molecule has 100 valence electrons. The number of hydrogen-bond acceptors (Lipinski definition) is 5. The van der Waals surface area contributed by atoms with Gasteiger partial charge in [-0.1, -0.05) is 0 Å². The minimum atomic E-state index is -3.22. The maximum absolute atomic E-state index is 11.3. The molecule has 1 N–H and O–H groups in total. The topological polar surface area (TPSA) is 68.3 Å².